The van der Waals surface area contributed by atoms with E-state index in [0.29, 0.717) is 6.61 Å². The second kappa shape index (κ2) is 5.14. The van der Waals surface area contributed by atoms with Gasteiger partial charge in [-0.1, -0.05) is 25.1 Å². The lowest BCUT2D eigenvalue weighted by Gasteiger charge is -2.41. The Morgan fingerprint density at radius 3 is 2.74 bits per heavy atom. The van der Waals surface area contributed by atoms with Gasteiger partial charge in [0.1, 0.15) is 18.5 Å². The molecule has 0 saturated carbocycles. The summed E-state index contributed by atoms with van der Waals surface area (Å²) in [6.07, 6.45) is 2.03. The third kappa shape index (κ3) is 2.37. The van der Waals surface area contributed by atoms with Crippen molar-refractivity contribution in [2.24, 2.45) is 5.92 Å². The first-order valence-corrected chi connectivity index (χ1v) is 7.31. The molecule has 1 saturated heterocycles. The second-order valence-electron chi connectivity index (χ2n) is 6.03. The van der Waals surface area contributed by atoms with E-state index in [1.165, 1.54) is 12.8 Å². The molecular weight excluding hydrogens is 238 g/mol. The van der Waals surface area contributed by atoms with E-state index in [1.54, 1.807) is 0 Å². The Bertz CT molecular complexity index is 452. The van der Waals surface area contributed by atoms with Crippen LogP contribution >= 0.6 is 0 Å². The summed E-state index contributed by atoms with van der Waals surface area (Å²) in [5, 5.41) is 10.6. The first-order valence-electron chi connectivity index (χ1n) is 7.31. The van der Waals surface area contributed by atoms with E-state index in [2.05, 4.69) is 11.8 Å². The fourth-order valence-corrected chi connectivity index (χ4v) is 3.24. The highest BCUT2D eigenvalue weighted by molar-refractivity contribution is 5.44. The maximum absolute atomic E-state index is 10.6. The predicted molar refractivity (Wildman–Crippen MR) is 75.4 cm³/mol. The molecule has 0 bridgehead atoms. The first kappa shape index (κ1) is 12.9. The number of ether oxygens (including phenoxy) is 1. The maximum atomic E-state index is 10.6. The normalized spacial score (nSPS) is 28.8. The monoisotopic (exact) mass is 261 g/mol. The van der Waals surface area contributed by atoms with Crippen molar-refractivity contribution in [2.45, 2.75) is 38.8 Å². The molecule has 0 spiro atoms. The van der Waals surface area contributed by atoms with Gasteiger partial charge in [0.05, 0.1) is 6.04 Å². The largest absolute Gasteiger partial charge is 0.491 e. The molecule has 1 aromatic rings. The van der Waals surface area contributed by atoms with Gasteiger partial charge in [-0.2, -0.15) is 0 Å². The molecule has 1 aromatic carbocycles. The summed E-state index contributed by atoms with van der Waals surface area (Å²) >= 11 is 0. The molecule has 2 heterocycles. The summed E-state index contributed by atoms with van der Waals surface area (Å²) in [5.74, 6) is 1.70. The van der Waals surface area contributed by atoms with Crippen molar-refractivity contribution >= 4 is 0 Å². The van der Waals surface area contributed by atoms with Crippen LogP contribution in [0.15, 0.2) is 18.2 Å². The molecular formula is C16H23NO2. The van der Waals surface area contributed by atoms with Crippen LogP contribution < -0.4 is 4.74 Å². The summed E-state index contributed by atoms with van der Waals surface area (Å²) in [6, 6.07) is 6.14. The number of hydrogen-bond acceptors (Lipinski definition) is 3. The topological polar surface area (TPSA) is 32.7 Å². The van der Waals surface area contributed by atoms with Crippen LogP contribution in [0.3, 0.4) is 0 Å². The van der Waals surface area contributed by atoms with Gasteiger partial charge in [0.15, 0.2) is 0 Å². The molecule has 19 heavy (non-hydrogen) atoms. The average molecular weight is 261 g/mol. The van der Waals surface area contributed by atoms with E-state index in [4.69, 9.17) is 4.74 Å². The lowest BCUT2D eigenvalue weighted by atomic mass is 9.92. The van der Waals surface area contributed by atoms with Crippen molar-refractivity contribution in [3.63, 3.8) is 0 Å². The Kier molecular flexibility index (Phi) is 3.50. The van der Waals surface area contributed by atoms with Crippen LogP contribution in [0.5, 0.6) is 5.75 Å². The minimum absolute atomic E-state index is 0.113. The van der Waals surface area contributed by atoms with E-state index in [-0.39, 0.29) is 6.04 Å². The number of aryl methyl sites for hydroxylation is 1. The van der Waals surface area contributed by atoms with Crippen LogP contribution in [0.2, 0.25) is 0 Å². The van der Waals surface area contributed by atoms with Gasteiger partial charge >= 0.3 is 0 Å². The van der Waals surface area contributed by atoms with Gasteiger partial charge in [-0.3, -0.25) is 4.90 Å². The fraction of sp³-hybridized carbons (Fsp3) is 0.625. The fourth-order valence-electron chi connectivity index (χ4n) is 3.24. The first-order chi connectivity index (χ1) is 9.16. The number of likely N-dealkylation sites (tertiary alicyclic amines) is 1. The zero-order valence-electron chi connectivity index (χ0n) is 11.8. The zero-order chi connectivity index (χ0) is 13.4. The van der Waals surface area contributed by atoms with E-state index < -0.39 is 6.10 Å². The Labute approximate surface area is 115 Å². The predicted octanol–water partition coefficient (Wildman–Crippen LogP) is 2.52. The summed E-state index contributed by atoms with van der Waals surface area (Å²) in [6.45, 7) is 7.10. The highest BCUT2D eigenvalue weighted by atomic mass is 16.5. The van der Waals surface area contributed by atoms with Crippen LogP contribution in [0.1, 0.15) is 37.0 Å². The minimum Gasteiger partial charge on any atom is -0.491 e. The Balaban J connectivity index is 1.80. The SMILES string of the molecule is Cc1cccc2c1OCC(N1CCC(C)CC1)C2O. The van der Waals surface area contributed by atoms with Gasteiger partial charge < -0.3 is 9.84 Å². The zero-order valence-corrected chi connectivity index (χ0v) is 11.8. The molecule has 0 aliphatic carbocycles. The van der Waals surface area contributed by atoms with Crippen LogP contribution in [0.4, 0.5) is 0 Å². The lowest BCUT2D eigenvalue weighted by molar-refractivity contribution is -0.00997. The molecule has 1 N–H and O–H groups in total. The van der Waals surface area contributed by atoms with Crippen LogP contribution in [-0.2, 0) is 0 Å². The molecule has 0 radical (unpaired) electrons. The third-order valence-corrected chi connectivity index (χ3v) is 4.61. The summed E-state index contributed by atoms with van der Waals surface area (Å²) in [7, 11) is 0. The molecule has 0 amide bonds. The van der Waals surface area contributed by atoms with Gasteiger partial charge in [0.2, 0.25) is 0 Å². The number of piperidine rings is 1. The van der Waals surface area contributed by atoms with E-state index in [9.17, 15) is 5.11 Å². The van der Waals surface area contributed by atoms with Gasteiger partial charge in [-0.25, -0.2) is 0 Å². The van der Waals surface area contributed by atoms with Crippen LogP contribution in [0, 0.1) is 12.8 Å². The number of hydrogen-bond donors (Lipinski definition) is 1. The molecule has 2 aliphatic rings. The minimum atomic E-state index is -0.419. The van der Waals surface area contributed by atoms with Crippen molar-refractivity contribution in [1.82, 2.24) is 4.90 Å². The molecule has 2 unspecified atom stereocenters. The quantitative estimate of drug-likeness (QED) is 0.843. The second-order valence-corrected chi connectivity index (χ2v) is 6.03. The number of nitrogens with zero attached hydrogens (tertiary/aromatic N) is 1. The van der Waals surface area contributed by atoms with Crippen molar-refractivity contribution < 1.29 is 9.84 Å². The smallest absolute Gasteiger partial charge is 0.128 e. The lowest BCUT2D eigenvalue weighted by Crippen LogP contribution is -2.49. The summed E-state index contributed by atoms with van der Waals surface area (Å²) in [5.41, 5.74) is 2.07. The number of para-hydroxylation sites is 1. The molecule has 3 nitrogen and oxygen atoms in total. The van der Waals surface area contributed by atoms with Gasteiger partial charge in [-0.15, -0.1) is 0 Å². The molecule has 0 aromatic heterocycles. The van der Waals surface area contributed by atoms with E-state index in [0.717, 1.165) is 35.9 Å². The number of benzene rings is 1. The molecule has 3 rings (SSSR count). The highest BCUT2D eigenvalue weighted by Gasteiger charge is 2.35. The van der Waals surface area contributed by atoms with Gasteiger partial charge in [-0.05, 0) is 44.3 Å². The number of aliphatic hydroxyl groups is 1. The Morgan fingerprint density at radius 2 is 2.00 bits per heavy atom. The molecule has 104 valence electrons. The number of fused-ring (bicyclic) bond motifs is 1. The average Bonchev–Trinajstić information content (AvgIpc) is 2.42. The number of aliphatic hydroxyl groups excluding tert-OH is 1. The Hall–Kier alpha value is -1.06. The van der Waals surface area contributed by atoms with Gasteiger partial charge in [0, 0.05) is 5.56 Å². The molecule has 2 aliphatic heterocycles. The summed E-state index contributed by atoms with van der Waals surface area (Å²) in [4.78, 5) is 2.40. The van der Waals surface area contributed by atoms with Crippen molar-refractivity contribution in [2.75, 3.05) is 19.7 Å². The van der Waals surface area contributed by atoms with Crippen LogP contribution in [-0.4, -0.2) is 35.7 Å². The maximum Gasteiger partial charge on any atom is 0.128 e. The molecule has 1 fully saturated rings. The van der Waals surface area contributed by atoms with E-state index >= 15 is 0 Å². The number of rotatable bonds is 1. The van der Waals surface area contributed by atoms with Crippen LogP contribution in [0.25, 0.3) is 0 Å². The third-order valence-electron chi connectivity index (χ3n) is 4.61. The van der Waals surface area contributed by atoms with E-state index in [1.807, 2.05) is 25.1 Å². The standard InChI is InChI=1S/C16H23NO2/c1-11-6-8-17(9-7-11)14-10-19-16-12(2)4-3-5-13(16)15(14)18/h3-5,11,14-15,18H,6-10H2,1-2H3. The molecule has 2 atom stereocenters. The Morgan fingerprint density at radius 1 is 1.26 bits per heavy atom. The van der Waals surface area contributed by atoms with Gasteiger partial charge in [0.25, 0.3) is 0 Å². The molecule has 3 heteroatoms. The summed E-state index contributed by atoms with van der Waals surface area (Å²) < 4.78 is 5.92. The van der Waals surface area contributed by atoms with Crippen molar-refractivity contribution in [3.8, 4) is 5.75 Å². The highest BCUT2D eigenvalue weighted by Crippen LogP contribution is 2.37. The van der Waals surface area contributed by atoms with Crippen molar-refractivity contribution in [1.29, 1.82) is 0 Å². The van der Waals surface area contributed by atoms with Crippen molar-refractivity contribution in [3.05, 3.63) is 29.3 Å².